The average molecular weight is 658 g/mol. The summed E-state index contributed by atoms with van der Waals surface area (Å²) < 4.78 is 17.9. The van der Waals surface area contributed by atoms with Gasteiger partial charge in [-0.05, 0) is 45.2 Å². The van der Waals surface area contributed by atoms with Gasteiger partial charge in [0.2, 0.25) is 0 Å². The Morgan fingerprint density at radius 2 is 0.960 bits per heavy atom. The predicted octanol–water partition coefficient (Wildman–Crippen LogP) is 10.3. The van der Waals surface area contributed by atoms with Gasteiger partial charge in [-0.1, -0.05) is 182 Å². The third-order valence-electron chi connectivity index (χ3n) is 10.7. The minimum absolute atomic E-state index is 0.625. The van der Waals surface area contributed by atoms with E-state index in [9.17, 15) is 0 Å². The molecule has 0 spiro atoms. The fourth-order valence-electron chi connectivity index (χ4n) is 8.64. The van der Waals surface area contributed by atoms with Crippen molar-refractivity contribution in [1.29, 1.82) is 0 Å². The number of nitrogens with zero attached hydrogens (tertiary/aromatic N) is 1. The van der Waals surface area contributed by atoms with Crippen LogP contribution in [0.3, 0.4) is 0 Å². The normalized spacial score (nSPS) is 15.4. The number of hydrogen-bond donors (Lipinski definition) is 0. The molecule has 9 aromatic rings. The fraction of sp³-hybridized carbons (Fsp3) is 0.0213. The zero-order valence-corrected chi connectivity index (χ0v) is 28.2. The number of benzene rings is 8. The van der Waals surface area contributed by atoms with Crippen LogP contribution in [0.15, 0.2) is 194 Å². The van der Waals surface area contributed by atoms with E-state index in [1.807, 2.05) is 60.7 Å². The largest absolute Gasteiger partial charge is 0.309 e. The highest BCUT2D eigenvalue weighted by atomic mass is 31.2. The minimum Gasteiger partial charge on any atom is -0.309 e. The molecule has 0 saturated heterocycles. The molecule has 0 bridgehead atoms. The summed E-state index contributed by atoms with van der Waals surface area (Å²) >= 11 is 0. The van der Waals surface area contributed by atoms with Gasteiger partial charge in [0.25, 0.3) is 0 Å². The van der Waals surface area contributed by atoms with Crippen LogP contribution in [-0.4, -0.2) is 4.57 Å². The fourth-order valence-corrected chi connectivity index (χ4v) is 11.3. The molecule has 8 aromatic carbocycles. The molecule has 0 saturated carbocycles. The standard InChI is InChI=1S/C47H32NOP/c49-50(36-18-6-2-7-19-36,37-20-8-3-9-21-37)38-30-28-35(29-31-38)47(34-16-4-1-5-17-34)41-24-12-13-26-43(41)48-44-32-27-33-15-10-11-22-39(33)45(44)40-23-14-25-42(47)46(40)48/h1-32H. The SMILES string of the molecule is O=P(c1ccccc1)(c1ccccc1)c1ccc(C2(c3ccccc3)c3ccccc3-n3c4ccc5ccccc5c4c4cccc2c43)cc1. The molecular weight excluding hydrogens is 625 g/mol. The second-order valence-electron chi connectivity index (χ2n) is 13.2. The quantitative estimate of drug-likeness (QED) is 0.169. The monoisotopic (exact) mass is 657 g/mol. The lowest BCUT2D eigenvalue weighted by atomic mass is 9.63. The van der Waals surface area contributed by atoms with Crippen molar-refractivity contribution in [3.8, 4) is 5.69 Å². The van der Waals surface area contributed by atoms with Gasteiger partial charge >= 0.3 is 0 Å². The third-order valence-corrected chi connectivity index (χ3v) is 13.8. The van der Waals surface area contributed by atoms with E-state index < -0.39 is 12.6 Å². The van der Waals surface area contributed by atoms with Gasteiger partial charge in [-0.2, -0.15) is 0 Å². The highest BCUT2D eigenvalue weighted by Crippen LogP contribution is 2.55. The first-order valence-electron chi connectivity index (χ1n) is 17.1. The Balaban J connectivity index is 1.30. The Bertz CT molecular complexity index is 2720. The van der Waals surface area contributed by atoms with Crippen molar-refractivity contribution in [2.24, 2.45) is 0 Å². The highest BCUT2D eigenvalue weighted by Gasteiger charge is 2.45. The van der Waals surface area contributed by atoms with Gasteiger partial charge in [-0.15, -0.1) is 0 Å². The van der Waals surface area contributed by atoms with E-state index in [0.29, 0.717) is 0 Å². The van der Waals surface area contributed by atoms with Crippen molar-refractivity contribution in [2.75, 3.05) is 0 Å². The summed E-state index contributed by atoms with van der Waals surface area (Å²) in [5, 5.41) is 7.52. The summed E-state index contributed by atoms with van der Waals surface area (Å²) in [6, 6.07) is 68.4. The zero-order chi connectivity index (χ0) is 33.3. The maximum atomic E-state index is 15.4. The number of aromatic nitrogens is 1. The highest BCUT2D eigenvalue weighted by molar-refractivity contribution is 7.85. The predicted molar refractivity (Wildman–Crippen MR) is 210 cm³/mol. The molecule has 0 radical (unpaired) electrons. The van der Waals surface area contributed by atoms with Crippen LogP contribution in [0.1, 0.15) is 22.3 Å². The molecule has 10 rings (SSSR count). The molecule has 3 heteroatoms. The summed E-state index contributed by atoms with van der Waals surface area (Å²) in [4.78, 5) is 0. The lowest BCUT2D eigenvalue weighted by Gasteiger charge is -2.41. The molecule has 2 heterocycles. The summed E-state index contributed by atoms with van der Waals surface area (Å²) in [6.45, 7) is 0. The average Bonchev–Trinajstić information content (AvgIpc) is 3.55. The molecule has 236 valence electrons. The molecule has 1 aliphatic heterocycles. The summed E-state index contributed by atoms with van der Waals surface area (Å²) in [7, 11) is -3.14. The van der Waals surface area contributed by atoms with Crippen LogP contribution in [0.5, 0.6) is 0 Å². The van der Waals surface area contributed by atoms with Gasteiger partial charge in [-0.3, -0.25) is 0 Å². The van der Waals surface area contributed by atoms with Crippen LogP contribution in [0.4, 0.5) is 0 Å². The Labute approximate surface area is 291 Å². The van der Waals surface area contributed by atoms with Crippen molar-refractivity contribution >= 4 is 55.6 Å². The third kappa shape index (κ3) is 3.89. The first-order chi connectivity index (χ1) is 24.7. The Hall–Kier alpha value is -5.95. The molecule has 1 unspecified atom stereocenters. The first kappa shape index (κ1) is 29.0. The summed E-state index contributed by atoms with van der Waals surface area (Å²) in [5.74, 6) is 0. The van der Waals surface area contributed by atoms with Gasteiger partial charge in [0, 0.05) is 26.7 Å². The van der Waals surface area contributed by atoms with Gasteiger partial charge < -0.3 is 9.13 Å². The molecule has 1 aromatic heterocycles. The zero-order valence-electron chi connectivity index (χ0n) is 27.3. The number of hydrogen-bond acceptors (Lipinski definition) is 1. The maximum absolute atomic E-state index is 15.4. The Kier molecular flexibility index (Phi) is 6.40. The van der Waals surface area contributed by atoms with E-state index in [1.54, 1.807) is 0 Å². The molecule has 0 N–H and O–H groups in total. The van der Waals surface area contributed by atoms with E-state index in [2.05, 4.69) is 138 Å². The molecule has 0 aliphatic carbocycles. The molecule has 1 atom stereocenters. The maximum Gasteiger partial charge on any atom is 0.171 e. The Morgan fingerprint density at radius 3 is 1.68 bits per heavy atom. The Morgan fingerprint density at radius 1 is 0.420 bits per heavy atom. The molecular formula is C47H32NOP. The van der Waals surface area contributed by atoms with Crippen molar-refractivity contribution in [3.63, 3.8) is 0 Å². The van der Waals surface area contributed by atoms with Crippen LogP contribution in [-0.2, 0) is 9.98 Å². The molecule has 0 amide bonds. The lowest BCUT2D eigenvalue weighted by Crippen LogP contribution is -2.35. The van der Waals surface area contributed by atoms with E-state index in [1.165, 1.54) is 55.0 Å². The summed E-state index contributed by atoms with van der Waals surface area (Å²) in [5.41, 5.74) is 7.78. The second kappa shape index (κ2) is 11.0. The number of para-hydroxylation sites is 2. The molecule has 0 fully saturated rings. The van der Waals surface area contributed by atoms with Crippen molar-refractivity contribution in [2.45, 2.75) is 5.41 Å². The van der Waals surface area contributed by atoms with Crippen LogP contribution >= 0.6 is 7.14 Å². The molecule has 2 nitrogen and oxygen atoms in total. The van der Waals surface area contributed by atoms with Crippen LogP contribution < -0.4 is 15.9 Å². The van der Waals surface area contributed by atoms with Crippen LogP contribution in [0, 0.1) is 0 Å². The van der Waals surface area contributed by atoms with Crippen LogP contribution in [0.25, 0.3) is 38.3 Å². The van der Waals surface area contributed by atoms with E-state index in [-0.39, 0.29) is 0 Å². The second-order valence-corrected chi connectivity index (χ2v) is 15.9. The van der Waals surface area contributed by atoms with E-state index in [0.717, 1.165) is 21.5 Å². The lowest BCUT2D eigenvalue weighted by molar-refractivity contribution is 0.592. The van der Waals surface area contributed by atoms with Gasteiger partial charge in [0.15, 0.2) is 7.14 Å². The van der Waals surface area contributed by atoms with E-state index in [4.69, 9.17) is 0 Å². The topological polar surface area (TPSA) is 22.0 Å². The number of rotatable bonds is 5. The van der Waals surface area contributed by atoms with Crippen molar-refractivity contribution in [3.05, 3.63) is 216 Å². The minimum atomic E-state index is -3.14. The van der Waals surface area contributed by atoms with Crippen molar-refractivity contribution in [1.82, 2.24) is 4.57 Å². The summed E-state index contributed by atoms with van der Waals surface area (Å²) in [6.07, 6.45) is 0. The van der Waals surface area contributed by atoms with Gasteiger partial charge in [0.05, 0.1) is 22.1 Å². The van der Waals surface area contributed by atoms with Gasteiger partial charge in [-0.25, -0.2) is 0 Å². The molecule has 1 aliphatic rings. The van der Waals surface area contributed by atoms with Crippen molar-refractivity contribution < 1.29 is 4.57 Å². The number of fused-ring (bicyclic) bond motifs is 7. The molecule has 50 heavy (non-hydrogen) atoms. The van der Waals surface area contributed by atoms with E-state index >= 15 is 4.57 Å². The smallest absolute Gasteiger partial charge is 0.171 e. The van der Waals surface area contributed by atoms with Gasteiger partial charge in [0.1, 0.15) is 0 Å². The van der Waals surface area contributed by atoms with Crippen LogP contribution in [0.2, 0.25) is 0 Å². The first-order valence-corrected chi connectivity index (χ1v) is 18.8.